The van der Waals surface area contributed by atoms with Crippen LogP contribution in [0.25, 0.3) is 22.3 Å². The monoisotopic (exact) mass is 359 g/mol. The van der Waals surface area contributed by atoms with Crippen molar-refractivity contribution in [2.24, 2.45) is 5.92 Å². The lowest BCUT2D eigenvalue weighted by molar-refractivity contribution is -0.137. The van der Waals surface area contributed by atoms with Crippen molar-refractivity contribution in [3.05, 3.63) is 54.2 Å². The third-order valence-electron chi connectivity index (χ3n) is 3.84. The van der Waals surface area contributed by atoms with Gasteiger partial charge in [-0.1, -0.05) is 26.0 Å². The van der Waals surface area contributed by atoms with E-state index in [-0.39, 0.29) is 23.1 Å². The van der Waals surface area contributed by atoms with E-state index in [9.17, 15) is 18.0 Å². The van der Waals surface area contributed by atoms with Crippen LogP contribution in [0.5, 0.6) is 0 Å². The van der Waals surface area contributed by atoms with E-state index >= 15 is 0 Å². The third kappa shape index (κ3) is 3.66. The topological polar surface area (TPSA) is 54.9 Å². The van der Waals surface area contributed by atoms with E-state index in [1.807, 2.05) is 0 Å². The molecule has 0 radical (unpaired) electrons. The number of pyridine rings is 2. The quantitative estimate of drug-likeness (QED) is 0.723. The predicted octanol–water partition coefficient (Wildman–Crippen LogP) is 4.91. The Morgan fingerprint density at radius 3 is 2.58 bits per heavy atom. The summed E-state index contributed by atoms with van der Waals surface area (Å²) in [5.41, 5.74) is 0.466. The number of halogens is 3. The summed E-state index contributed by atoms with van der Waals surface area (Å²) in [5.74, 6) is -0.530. The van der Waals surface area contributed by atoms with E-state index in [2.05, 4.69) is 15.3 Å². The summed E-state index contributed by atoms with van der Waals surface area (Å²) >= 11 is 0. The van der Waals surface area contributed by atoms with E-state index in [1.165, 1.54) is 12.1 Å². The molecule has 1 aromatic carbocycles. The molecule has 1 amide bonds. The molecule has 1 N–H and O–H groups in total. The van der Waals surface area contributed by atoms with Crippen molar-refractivity contribution in [2.45, 2.75) is 20.0 Å². The number of carbonyl (C=O) groups is 1. The van der Waals surface area contributed by atoms with Gasteiger partial charge in [-0.15, -0.1) is 0 Å². The Kier molecular flexibility index (Phi) is 4.63. The molecular weight excluding hydrogens is 343 g/mol. The summed E-state index contributed by atoms with van der Waals surface area (Å²) in [7, 11) is 0. The Balaban J connectivity index is 2.18. The fourth-order valence-electron chi connectivity index (χ4n) is 2.44. The van der Waals surface area contributed by atoms with E-state index in [0.717, 1.165) is 12.1 Å². The maximum absolute atomic E-state index is 13.1. The van der Waals surface area contributed by atoms with Crippen LogP contribution in [-0.4, -0.2) is 15.9 Å². The number of carbonyl (C=O) groups excluding carboxylic acids is 1. The van der Waals surface area contributed by atoms with Gasteiger partial charge in [0.2, 0.25) is 5.91 Å². The molecule has 134 valence electrons. The van der Waals surface area contributed by atoms with Crippen LogP contribution in [0, 0.1) is 5.92 Å². The molecule has 2 heterocycles. The third-order valence-corrected chi connectivity index (χ3v) is 3.84. The van der Waals surface area contributed by atoms with Crippen molar-refractivity contribution in [2.75, 3.05) is 5.32 Å². The number of aromatic nitrogens is 2. The van der Waals surface area contributed by atoms with E-state index in [1.54, 1.807) is 38.2 Å². The number of anilines is 1. The number of hydrogen-bond donors (Lipinski definition) is 1. The number of rotatable bonds is 3. The molecule has 0 aliphatic heterocycles. The zero-order valence-corrected chi connectivity index (χ0v) is 14.1. The van der Waals surface area contributed by atoms with E-state index < -0.39 is 11.7 Å². The molecule has 0 aliphatic carbocycles. The first-order valence-electron chi connectivity index (χ1n) is 8.00. The van der Waals surface area contributed by atoms with Crippen LogP contribution < -0.4 is 5.32 Å². The van der Waals surface area contributed by atoms with Gasteiger partial charge in [-0.3, -0.25) is 4.79 Å². The van der Waals surface area contributed by atoms with Gasteiger partial charge in [0.25, 0.3) is 0 Å². The number of benzene rings is 1. The first-order chi connectivity index (χ1) is 12.3. The minimum absolute atomic E-state index is 0.247. The highest BCUT2D eigenvalue weighted by Crippen LogP contribution is 2.34. The fraction of sp³-hybridized carbons (Fsp3) is 0.211. The molecule has 0 unspecified atom stereocenters. The molecule has 2 aromatic heterocycles. The smallest absolute Gasteiger partial charge is 0.324 e. The van der Waals surface area contributed by atoms with Gasteiger partial charge in [0.1, 0.15) is 0 Å². The van der Waals surface area contributed by atoms with Crippen molar-refractivity contribution in [1.29, 1.82) is 0 Å². The molecule has 4 nitrogen and oxygen atoms in total. The summed E-state index contributed by atoms with van der Waals surface area (Å²) in [4.78, 5) is 20.7. The summed E-state index contributed by atoms with van der Waals surface area (Å²) in [6, 6.07) is 10.0. The number of alkyl halides is 3. The number of hydrogen-bond acceptors (Lipinski definition) is 3. The molecule has 3 rings (SSSR count). The van der Waals surface area contributed by atoms with Gasteiger partial charge >= 0.3 is 6.18 Å². The van der Waals surface area contributed by atoms with Gasteiger partial charge in [0, 0.05) is 23.1 Å². The SMILES string of the molecule is CC(C)C(=O)Nc1cc2cccnc2nc1-c1cccc(C(F)(F)F)c1. The van der Waals surface area contributed by atoms with Crippen molar-refractivity contribution in [3.8, 4) is 11.3 Å². The van der Waals surface area contributed by atoms with Crippen LogP contribution in [0.4, 0.5) is 18.9 Å². The van der Waals surface area contributed by atoms with Gasteiger partial charge in [-0.05, 0) is 30.3 Å². The number of fused-ring (bicyclic) bond motifs is 1. The molecule has 0 fully saturated rings. The van der Waals surface area contributed by atoms with Crippen molar-refractivity contribution < 1.29 is 18.0 Å². The first-order valence-corrected chi connectivity index (χ1v) is 8.00. The van der Waals surface area contributed by atoms with Gasteiger partial charge in [0.15, 0.2) is 5.65 Å². The van der Waals surface area contributed by atoms with Crippen LogP contribution in [0.15, 0.2) is 48.7 Å². The van der Waals surface area contributed by atoms with Gasteiger partial charge in [-0.25, -0.2) is 9.97 Å². The lowest BCUT2D eigenvalue weighted by atomic mass is 10.0. The predicted molar refractivity (Wildman–Crippen MR) is 93.4 cm³/mol. The second-order valence-corrected chi connectivity index (χ2v) is 6.16. The Hall–Kier alpha value is -2.96. The summed E-state index contributed by atoms with van der Waals surface area (Å²) in [5, 5.41) is 3.43. The Labute approximate surface area is 148 Å². The number of nitrogens with one attached hydrogen (secondary N) is 1. The van der Waals surface area contributed by atoms with Crippen LogP contribution in [0.3, 0.4) is 0 Å². The minimum atomic E-state index is -4.47. The molecule has 0 spiro atoms. The molecule has 0 saturated heterocycles. The lowest BCUT2D eigenvalue weighted by Crippen LogP contribution is -2.18. The standard InChI is InChI=1S/C19H16F3N3O/c1-11(2)18(26)24-15-10-13-6-4-8-23-17(13)25-16(15)12-5-3-7-14(9-12)19(20,21)22/h3-11H,1-2H3,(H,24,26). The molecule has 3 aromatic rings. The van der Waals surface area contributed by atoms with Gasteiger partial charge < -0.3 is 5.32 Å². The zero-order valence-electron chi connectivity index (χ0n) is 14.1. The van der Waals surface area contributed by atoms with Crippen LogP contribution in [-0.2, 0) is 11.0 Å². The van der Waals surface area contributed by atoms with Crippen LogP contribution in [0.1, 0.15) is 19.4 Å². The second kappa shape index (κ2) is 6.74. The number of nitrogens with zero attached hydrogens (tertiary/aromatic N) is 2. The molecule has 0 aliphatic rings. The average molecular weight is 359 g/mol. The van der Waals surface area contributed by atoms with Crippen molar-refractivity contribution in [3.63, 3.8) is 0 Å². The summed E-state index contributed by atoms with van der Waals surface area (Å²) in [6.07, 6.45) is -2.91. The molecular formula is C19H16F3N3O. The Morgan fingerprint density at radius 1 is 1.12 bits per heavy atom. The molecule has 0 saturated carbocycles. The molecule has 7 heteroatoms. The fourth-order valence-corrected chi connectivity index (χ4v) is 2.44. The second-order valence-electron chi connectivity index (χ2n) is 6.16. The Bertz CT molecular complexity index is 968. The zero-order chi connectivity index (χ0) is 18.9. The highest BCUT2D eigenvalue weighted by Gasteiger charge is 2.30. The average Bonchev–Trinajstić information content (AvgIpc) is 2.60. The van der Waals surface area contributed by atoms with Crippen LogP contribution >= 0.6 is 0 Å². The normalized spacial score (nSPS) is 11.8. The lowest BCUT2D eigenvalue weighted by Gasteiger charge is -2.14. The highest BCUT2D eigenvalue weighted by molar-refractivity contribution is 5.98. The molecule has 26 heavy (non-hydrogen) atoms. The largest absolute Gasteiger partial charge is 0.416 e. The Morgan fingerprint density at radius 2 is 1.88 bits per heavy atom. The maximum atomic E-state index is 13.1. The van der Waals surface area contributed by atoms with Gasteiger partial charge in [0.05, 0.1) is 16.9 Å². The van der Waals surface area contributed by atoms with Crippen molar-refractivity contribution in [1.82, 2.24) is 9.97 Å². The summed E-state index contributed by atoms with van der Waals surface area (Å²) < 4.78 is 39.2. The maximum Gasteiger partial charge on any atom is 0.416 e. The van der Waals surface area contributed by atoms with Gasteiger partial charge in [-0.2, -0.15) is 13.2 Å². The van der Waals surface area contributed by atoms with Crippen molar-refractivity contribution >= 4 is 22.6 Å². The van der Waals surface area contributed by atoms with Crippen LogP contribution in [0.2, 0.25) is 0 Å². The number of amides is 1. The molecule has 0 bridgehead atoms. The summed E-state index contributed by atoms with van der Waals surface area (Å²) in [6.45, 7) is 3.46. The van der Waals surface area contributed by atoms with E-state index in [0.29, 0.717) is 16.7 Å². The highest BCUT2D eigenvalue weighted by atomic mass is 19.4. The minimum Gasteiger partial charge on any atom is -0.324 e. The first kappa shape index (κ1) is 17.8. The molecule has 0 atom stereocenters. The van der Waals surface area contributed by atoms with E-state index in [4.69, 9.17) is 0 Å².